The van der Waals surface area contributed by atoms with Crippen molar-refractivity contribution < 1.29 is 9.47 Å². The number of piperazine rings is 1. The highest BCUT2D eigenvalue weighted by Crippen LogP contribution is 2.23. The van der Waals surface area contributed by atoms with Crippen molar-refractivity contribution >= 4 is 27.8 Å². The molecule has 0 amide bonds. The molecule has 0 bridgehead atoms. The van der Waals surface area contributed by atoms with Gasteiger partial charge in [-0.1, -0.05) is 0 Å². The minimum Gasteiger partial charge on any atom is -0.480 e. The molecule has 0 spiro atoms. The van der Waals surface area contributed by atoms with E-state index in [1.165, 1.54) is 0 Å². The predicted octanol–water partition coefficient (Wildman–Crippen LogP) is 2.15. The zero-order valence-corrected chi connectivity index (χ0v) is 18.2. The topological polar surface area (TPSA) is 75.1 Å². The van der Waals surface area contributed by atoms with Gasteiger partial charge in [-0.3, -0.25) is 4.99 Å². The molecule has 0 saturated carbocycles. The van der Waals surface area contributed by atoms with Crippen LogP contribution in [0.1, 0.15) is 26.2 Å². The number of unbranched alkanes of at least 4 members (excludes halogenated alkanes) is 2. The SMILES string of the molecule is CCNC(=NCCCCCOC)N1CCN(c2ncc(Br)c(OC)n2)CC1. The van der Waals surface area contributed by atoms with E-state index in [0.717, 1.165) is 75.6 Å². The van der Waals surface area contributed by atoms with Crippen molar-refractivity contribution in [1.29, 1.82) is 0 Å². The number of rotatable bonds is 9. The van der Waals surface area contributed by atoms with Crippen molar-refractivity contribution in [3.63, 3.8) is 0 Å². The second-order valence-corrected chi connectivity index (χ2v) is 7.14. The molecule has 27 heavy (non-hydrogen) atoms. The van der Waals surface area contributed by atoms with E-state index in [-0.39, 0.29) is 0 Å². The maximum Gasteiger partial charge on any atom is 0.232 e. The smallest absolute Gasteiger partial charge is 0.232 e. The van der Waals surface area contributed by atoms with Crippen molar-refractivity contribution in [3.05, 3.63) is 10.7 Å². The Morgan fingerprint density at radius 1 is 1.22 bits per heavy atom. The molecule has 1 aromatic heterocycles. The van der Waals surface area contributed by atoms with Gasteiger partial charge in [-0.15, -0.1) is 0 Å². The summed E-state index contributed by atoms with van der Waals surface area (Å²) >= 11 is 3.40. The summed E-state index contributed by atoms with van der Waals surface area (Å²) < 4.78 is 11.1. The van der Waals surface area contributed by atoms with Gasteiger partial charge in [-0.25, -0.2) is 4.98 Å². The third kappa shape index (κ3) is 6.80. The average molecular weight is 443 g/mol. The van der Waals surface area contributed by atoms with Gasteiger partial charge >= 0.3 is 0 Å². The fourth-order valence-corrected chi connectivity index (χ4v) is 3.26. The third-order valence-electron chi connectivity index (χ3n) is 4.36. The van der Waals surface area contributed by atoms with Crippen molar-refractivity contribution in [3.8, 4) is 5.88 Å². The van der Waals surface area contributed by atoms with Crippen LogP contribution in [0.5, 0.6) is 5.88 Å². The molecule has 2 heterocycles. The Bertz CT molecular complexity index is 593. The number of ether oxygens (including phenoxy) is 2. The monoisotopic (exact) mass is 442 g/mol. The molecule has 1 fully saturated rings. The van der Waals surface area contributed by atoms with Gasteiger partial charge in [0.2, 0.25) is 11.8 Å². The van der Waals surface area contributed by atoms with E-state index in [4.69, 9.17) is 14.5 Å². The van der Waals surface area contributed by atoms with Crippen LogP contribution < -0.4 is 15.0 Å². The van der Waals surface area contributed by atoms with Crippen LogP contribution in [-0.2, 0) is 4.74 Å². The minimum atomic E-state index is 0.561. The molecular formula is C18H31BrN6O2. The summed E-state index contributed by atoms with van der Waals surface area (Å²) in [5.74, 6) is 2.26. The van der Waals surface area contributed by atoms with Gasteiger partial charge in [0, 0.05) is 53.0 Å². The number of nitrogens with zero attached hydrogens (tertiary/aromatic N) is 5. The summed E-state index contributed by atoms with van der Waals surface area (Å²) in [7, 11) is 3.36. The Morgan fingerprint density at radius 3 is 2.67 bits per heavy atom. The summed E-state index contributed by atoms with van der Waals surface area (Å²) in [5, 5.41) is 3.41. The first-order valence-electron chi connectivity index (χ1n) is 9.53. The number of hydrogen-bond acceptors (Lipinski definition) is 6. The number of hydrogen-bond donors (Lipinski definition) is 1. The van der Waals surface area contributed by atoms with E-state index < -0.39 is 0 Å². The number of aliphatic imine (C=N–C) groups is 1. The van der Waals surface area contributed by atoms with Crippen molar-refractivity contribution in [2.75, 3.05) is 65.0 Å². The Labute approximate surface area is 170 Å². The van der Waals surface area contributed by atoms with E-state index in [1.807, 2.05) is 0 Å². The number of nitrogens with one attached hydrogen (secondary N) is 1. The zero-order chi connectivity index (χ0) is 19.5. The Balaban J connectivity index is 1.87. The lowest BCUT2D eigenvalue weighted by atomic mass is 10.2. The van der Waals surface area contributed by atoms with Crippen LogP contribution in [0, 0.1) is 0 Å². The molecular weight excluding hydrogens is 412 g/mol. The molecule has 2 rings (SSSR count). The summed E-state index contributed by atoms with van der Waals surface area (Å²) in [6.07, 6.45) is 5.07. The van der Waals surface area contributed by atoms with E-state index in [9.17, 15) is 0 Å². The molecule has 8 nitrogen and oxygen atoms in total. The van der Waals surface area contributed by atoms with Crippen LogP contribution in [0.3, 0.4) is 0 Å². The normalized spacial score (nSPS) is 15.2. The summed E-state index contributed by atoms with van der Waals surface area (Å²) in [4.78, 5) is 18.2. The highest BCUT2D eigenvalue weighted by molar-refractivity contribution is 9.10. The lowest BCUT2D eigenvalue weighted by molar-refractivity contribution is 0.192. The van der Waals surface area contributed by atoms with Crippen LogP contribution in [0.15, 0.2) is 15.7 Å². The maximum absolute atomic E-state index is 5.28. The van der Waals surface area contributed by atoms with Gasteiger partial charge in [0.1, 0.15) is 0 Å². The van der Waals surface area contributed by atoms with E-state index in [1.54, 1.807) is 20.4 Å². The standard InChI is InChI=1S/C18H31BrN6O2/c1-4-20-17(21-8-6-5-7-13-26-2)24-9-11-25(12-10-24)18-22-14-15(19)16(23-18)27-3/h14H,4-13H2,1-3H3,(H,20,21). The second-order valence-electron chi connectivity index (χ2n) is 6.29. The molecule has 0 aromatic carbocycles. The van der Waals surface area contributed by atoms with E-state index >= 15 is 0 Å². The van der Waals surface area contributed by atoms with Crippen molar-refractivity contribution in [2.24, 2.45) is 4.99 Å². The first kappa shape index (κ1) is 21.7. The lowest BCUT2D eigenvalue weighted by Crippen LogP contribution is -2.53. The van der Waals surface area contributed by atoms with Gasteiger partial charge in [-0.2, -0.15) is 4.98 Å². The zero-order valence-electron chi connectivity index (χ0n) is 16.6. The largest absolute Gasteiger partial charge is 0.480 e. The molecule has 1 N–H and O–H groups in total. The molecule has 1 aliphatic rings. The highest BCUT2D eigenvalue weighted by Gasteiger charge is 2.22. The molecule has 0 aliphatic carbocycles. The van der Waals surface area contributed by atoms with Gasteiger partial charge in [-0.05, 0) is 42.1 Å². The number of halogens is 1. The van der Waals surface area contributed by atoms with Crippen molar-refractivity contribution in [2.45, 2.75) is 26.2 Å². The number of methoxy groups -OCH3 is 2. The van der Waals surface area contributed by atoms with Gasteiger partial charge in [0.25, 0.3) is 0 Å². The van der Waals surface area contributed by atoms with Crippen LogP contribution in [-0.4, -0.2) is 80.9 Å². The molecule has 9 heteroatoms. The first-order valence-corrected chi connectivity index (χ1v) is 10.3. The van der Waals surface area contributed by atoms with Crippen LogP contribution in [0.25, 0.3) is 0 Å². The molecule has 1 aromatic rings. The molecule has 0 atom stereocenters. The number of anilines is 1. The predicted molar refractivity (Wildman–Crippen MR) is 112 cm³/mol. The summed E-state index contributed by atoms with van der Waals surface area (Å²) in [6.45, 7) is 8.12. The van der Waals surface area contributed by atoms with Crippen LogP contribution in [0.2, 0.25) is 0 Å². The Morgan fingerprint density at radius 2 is 2.00 bits per heavy atom. The molecule has 1 saturated heterocycles. The fraction of sp³-hybridized carbons (Fsp3) is 0.722. The Kier molecular flexibility index (Phi) is 9.61. The Hall–Kier alpha value is -1.61. The molecule has 1 aliphatic heterocycles. The molecule has 152 valence electrons. The first-order chi connectivity index (χ1) is 13.2. The number of aromatic nitrogens is 2. The number of guanidine groups is 1. The van der Waals surface area contributed by atoms with Gasteiger partial charge in [0.15, 0.2) is 5.96 Å². The third-order valence-corrected chi connectivity index (χ3v) is 4.90. The summed E-state index contributed by atoms with van der Waals surface area (Å²) in [5.41, 5.74) is 0. The second kappa shape index (κ2) is 12.0. The summed E-state index contributed by atoms with van der Waals surface area (Å²) in [6, 6.07) is 0. The van der Waals surface area contributed by atoms with Gasteiger partial charge in [0.05, 0.1) is 17.8 Å². The van der Waals surface area contributed by atoms with E-state index in [0.29, 0.717) is 11.8 Å². The van der Waals surface area contributed by atoms with Gasteiger partial charge < -0.3 is 24.6 Å². The molecule has 0 unspecified atom stereocenters. The van der Waals surface area contributed by atoms with Crippen LogP contribution >= 0.6 is 15.9 Å². The molecule has 0 radical (unpaired) electrons. The lowest BCUT2D eigenvalue weighted by Gasteiger charge is -2.36. The highest BCUT2D eigenvalue weighted by atomic mass is 79.9. The van der Waals surface area contributed by atoms with Crippen molar-refractivity contribution in [1.82, 2.24) is 20.2 Å². The minimum absolute atomic E-state index is 0.561. The quantitative estimate of drug-likeness (QED) is 0.356. The van der Waals surface area contributed by atoms with E-state index in [2.05, 4.69) is 47.9 Å². The average Bonchev–Trinajstić information content (AvgIpc) is 2.70. The maximum atomic E-state index is 5.28. The van der Waals surface area contributed by atoms with Crippen LogP contribution in [0.4, 0.5) is 5.95 Å². The fourth-order valence-electron chi connectivity index (χ4n) is 2.90.